The van der Waals surface area contributed by atoms with Crippen LogP contribution in [0.4, 0.5) is 0 Å². The van der Waals surface area contributed by atoms with Gasteiger partial charge in [-0.05, 0) is 19.8 Å². The molecule has 0 aliphatic rings. The van der Waals surface area contributed by atoms with Crippen molar-refractivity contribution in [1.82, 2.24) is 5.32 Å². The third-order valence-electron chi connectivity index (χ3n) is 1.94. The fraction of sp³-hybridized carbons (Fsp3) is 0.818. The molecule has 6 nitrogen and oxygen atoms in total. The van der Waals surface area contributed by atoms with Crippen molar-refractivity contribution in [2.24, 2.45) is 5.73 Å². The number of nitrogens with one attached hydrogen (secondary N) is 1. The molecule has 0 saturated carbocycles. The molecule has 0 rings (SSSR count). The summed E-state index contributed by atoms with van der Waals surface area (Å²) in [7, 11) is 0. The van der Waals surface area contributed by atoms with Gasteiger partial charge >= 0.3 is 5.97 Å². The lowest BCUT2D eigenvalue weighted by Gasteiger charge is -2.11. The summed E-state index contributed by atoms with van der Waals surface area (Å²) >= 11 is 0. The smallest absolute Gasteiger partial charge is 0.332 e. The first-order chi connectivity index (χ1) is 8.13. The lowest BCUT2D eigenvalue weighted by Crippen LogP contribution is -2.47. The van der Waals surface area contributed by atoms with Gasteiger partial charge in [0.1, 0.15) is 0 Å². The number of hydrogen-bond acceptors (Lipinski definition) is 5. The van der Waals surface area contributed by atoms with E-state index >= 15 is 0 Å². The van der Waals surface area contributed by atoms with Crippen molar-refractivity contribution in [3.05, 3.63) is 0 Å². The van der Waals surface area contributed by atoms with Crippen molar-refractivity contribution < 1.29 is 19.1 Å². The highest BCUT2D eigenvalue weighted by Gasteiger charge is 2.22. The molecule has 6 heteroatoms. The molecule has 0 spiro atoms. The zero-order chi connectivity index (χ0) is 13.1. The SMILES string of the molecule is CCCOCCCNC(=O)C(N)C(=O)OCC. The molecular weight excluding hydrogens is 224 g/mol. The molecule has 0 radical (unpaired) electrons. The van der Waals surface area contributed by atoms with Crippen molar-refractivity contribution in [2.75, 3.05) is 26.4 Å². The first kappa shape index (κ1) is 15.9. The minimum atomic E-state index is -1.24. The molecule has 1 atom stereocenters. The minimum absolute atomic E-state index is 0.213. The Bertz CT molecular complexity index is 234. The number of rotatable bonds is 9. The van der Waals surface area contributed by atoms with Crippen LogP contribution in [-0.2, 0) is 19.1 Å². The van der Waals surface area contributed by atoms with Gasteiger partial charge in [-0.2, -0.15) is 0 Å². The molecule has 1 amide bonds. The lowest BCUT2D eigenvalue weighted by molar-refractivity contribution is -0.147. The molecule has 0 aromatic carbocycles. The van der Waals surface area contributed by atoms with E-state index in [4.69, 9.17) is 10.5 Å². The van der Waals surface area contributed by atoms with Gasteiger partial charge in [0, 0.05) is 19.8 Å². The molecule has 0 bridgehead atoms. The quantitative estimate of drug-likeness (QED) is 0.334. The highest BCUT2D eigenvalue weighted by atomic mass is 16.5. The summed E-state index contributed by atoms with van der Waals surface area (Å²) in [5.41, 5.74) is 5.39. The van der Waals surface area contributed by atoms with E-state index < -0.39 is 17.9 Å². The van der Waals surface area contributed by atoms with Crippen molar-refractivity contribution in [2.45, 2.75) is 32.7 Å². The number of ether oxygens (including phenoxy) is 2. The van der Waals surface area contributed by atoms with Crippen molar-refractivity contribution >= 4 is 11.9 Å². The van der Waals surface area contributed by atoms with E-state index in [-0.39, 0.29) is 6.61 Å². The molecule has 1 unspecified atom stereocenters. The summed E-state index contributed by atoms with van der Waals surface area (Å²) in [6.07, 6.45) is 1.67. The average Bonchev–Trinajstić information content (AvgIpc) is 2.32. The van der Waals surface area contributed by atoms with Crippen LogP contribution in [0.3, 0.4) is 0 Å². The molecule has 0 aromatic rings. The van der Waals surface area contributed by atoms with Gasteiger partial charge in [0.15, 0.2) is 6.04 Å². The molecule has 0 aliphatic carbocycles. The maximum atomic E-state index is 11.4. The monoisotopic (exact) mass is 246 g/mol. The maximum absolute atomic E-state index is 11.4. The van der Waals surface area contributed by atoms with Crippen LogP contribution in [0.25, 0.3) is 0 Å². The van der Waals surface area contributed by atoms with Gasteiger partial charge in [0.05, 0.1) is 6.61 Å². The molecule has 0 saturated heterocycles. The fourth-order valence-corrected chi connectivity index (χ4v) is 1.08. The van der Waals surface area contributed by atoms with Crippen LogP contribution in [0.2, 0.25) is 0 Å². The predicted octanol–water partition coefficient (Wildman–Crippen LogP) is -0.190. The third-order valence-corrected chi connectivity index (χ3v) is 1.94. The molecule has 0 aromatic heterocycles. The van der Waals surface area contributed by atoms with Crippen LogP contribution in [-0.4, -0.2) is 44.3 Å². The molecule has 0 heterocycles. The van der Waals surface area contributed by atoms with Gasteiger partial charge in [-0.15, -0.1) is 0 Å². The van der Waals surface area contributed by atoms with Crippen LogP contribution < -0.4 is 11.1 Å². The second-order valence-corrected chi connectivity index (χ2v) is 3.49. The predicted molar refractivity (Wildman–Crippen MR) is 63.3 cm³/mol. The van der Waals surface area contributed by atoms with E-state index in [0.29, 0.717) is 19.6 Å². The van der Waals surface area contributed by atoms with Crippen LogP contribution >= 0.6 is 0 Å². The Morgan fingerprint density at radius 3 is 2.59 bits per heavy atom. The van der Waals surface area contributed by atoms with Crippen molar-refractivity contribution in [1.29, 1.82) is 0 Å². The first-order valence-corrected chi connectivity index (χ1v) is 5.91. The van der Waals surface area contributed by atoms with Crippen LogP contribution in [0.5, 0.6) is 0 Å². The van der Waals surface area contributed by atoms with Gasteiger partial charge in [0.25, 0.3) is 0 Å². The number of hydrogen-bond donors (Lipinski definition) is 2. The Morgan fingerprint density at radius 2 is 2.00 bits per heavy atom. The second kappa shape index (κ2) is 10.0. The number of nitrogens with two attached hydrogens (primary N) is 1. The normalized spacial score (nSPS) is 11.9. The zero-order valence-electron chi connectivity index (χ0n) is 10.5. The van der Waals surface area contributed by atoms with Gasteiger partial charge in [-0.3, -0.25) is 4.79 Å². The molecule has 17 heavy (non-hydrogen) atoms. The van der Waals surface area contributed by atoms with Gasteiger partial charge in [0.2, 0.25) is 5.91 Å². The molecule has 3 N–H and O–H groups in total. The fourth-order valence-electron chi connectivity index (χ4n) is 1.08. The number of carbonyl (C=O) groups excluding carboxylic acids is 2. The Balaban J connectivity index is 3.60. The number of amides is 1. The van der Waals surface area contributed by atoms with Crippen LogP contribution in [0, 0.1) is 0 Å². The molecular formula is C11H22N2O4. The summed E-state index contributed by atoms with van der Waals surface area (Å²) in [6, 6.07) is -1.24. The Labute approximate surface area is 102 Å². The standard InChI is InChI=1S/C11H22N2O4/c1-3-7-16-8-5-6-13-10(14)9(12)11(15)17-4-2/h9H,3-8,12H2,1-2H3,(H,13,14). The summed E-state index contributed by atoms with van der Waals surface area (Å²) in [5, 5.41) is 2.55. The van der Waals surface area contributed by atoms with Gasteiger partial charge in [-0.25, -0.2) is 4.79 Å². The number of esters is 1. The minimum Gasteiger partial charge on any atom is -0.464 e. The van der Waals surface area contributed by atoms with Crippen LogP contribution in [0.1, 0.15) is 26.7 Å². The van der Waals surface area contributed by atoms with E-state index in [2.05, 4.69) is 10.1 Å². The first-order valence-electron chi connectivity index (χ1n) is 5.91. The third kappa shape index (κ3) is 7.70. The number of carbonyl (C=O) groups is 2. The maximum Gasteiger partial charge on any atom is 0.332 e. The van der Waals surface area contributed by atoms with Gasteiger partial charge < -0.3 is 20.5 Å². The average molecular weight is 246 g/mol. The second-order valence-electron chi connectivity index (χ2n) is 3.49. The van der Waals surface area contributed by atoms with E-state index in [9.17, 15) is 9.59 Å². The van der Waals surface area contributed by atoms with E-state index in [1.807, 2.05) is 6.92 Å². The largest absolute Gasteiger partial charge is 0.464 e. The van der Waals surface area contributed by atoms with E-state index in [1.165, 1.54) is 0 Å². The Hall–Kier alpha value is -1.14. The highest BCUT2D eigenvalue weighted by Crippen LogP contribution is 1.88. The van der Waals surface area contributed by atoms with Gasteiger partial charge in [-0.1, -0.05) is 6.92 Å². The summed E-state index contributed by atoms with van der Waals surface area (Å²) in [6.45, 7) is 5.65. The summed E-state index contributed by atoms with van der Waals surface area (Å²) < 4.78 is 9.87. The Morgan fingerprint density at radius 1 is 1.29 bits per heavy atom. The van der Waals surface area contributed by atoms with E-state index in [1.54, 1.807) is 6.92 Å². The highest BCUT2D eigenvalue weighted by molar-refractivity contribution is 6.01. The molecule has 0 aliphatic heterocycles. The Kier molecular flexibility index (Phi) is 9.37. The molecule has 0 fully saturated rings. The topological polar surface area (TPSA) is 90.6 Å². The van der Waals surface area contributed by atoms with Crippen molar-refractivity contribution in [3.8, 4) is 0 Å². The van der Waals surface area contributed by atoms with E-state index in [0.717, 1.165) is 13.0 Å². The summed E-state index contributed by atoms with van der Waals surface area (Å²) in [5.74, 6) is -1.22. The van der Waals surface area contributed by atoms with Crippen LogP contribution in [0.15, 0.2) is 0 Å². The van der Waals surface area contributed by atoms with Crippen molar-refractivity contribution in [3.63, 3.8) is 0 Å². The lowest BCUT2D eigenvalue weighted by atomic mass is 10.3. The zero-order valence-corrected chi connectivity index (χ0v) is 10.5. The molecule has 100 valence electrons. The summed E-state index contributed by atoms with van der Waals surface area (Å²) in [4.78, 5) is 22.5.